The average molecular weight is 286 g/mol. The molecule has 1 atom stereocenters. The van der Waals surface area contributed by atoms with Gasteiger partial charge >= 0.3 is 0 Å². The third-order valence-corrected chi connectivity index (χ3v) is 4.23. The summed E-state index contributed by atoms with van der Waals surface area (Å²) in [5, 5.41) is 4.41. The van der Waals surface area contributed by atoms with E-state index in [0.717, 1.165) is 11.4 Å². The van der Waals surface area contributed by atoms with Crippen molar-refractivity contribution in [2.24, 2.45) is 0 Å². The van der Waals surface area contributed by atoms with Crippen molar-refractivity contribution in [3.8, 4) is 0 Å². The Bertz CT molecular complexity index is 606. The average Bonchev–Trinajstić information content (AvgIpc) is 2.88. The van der Waals surface area contributed by atoms with Crippen LogP contribution in [0.2, 0.25) is 5.02 Å². The SMILES string of the molecule is CCCCc1ccc2c(c1)CC(c1cccc(Cl)c1)N2. The zero-order valence-electron chi connectivity index (χ0n) is 11.8. The lowest BCUT2D eigenvalue weighted by Gasteiger charge is -2.11. The molecule has 0 aliphatic carbocycles. The van der Waals surface area contributed by atoms with Crippen LogP contribution in [0.4, 0.5) is 5.69 Å². The Morgan fingerprint density at radius 2 is 2.10 bits per heavy atom. The second-order valence-electron chi connectivity index (χ2n) is 5.55. The Balaban J connectivity index is 1.78. The molecular formula is C18H20ClN. The number of hydrogen-bond acceptors (Lipinski definition) is 1. The predicted molar refractivity (Wildman–Crippen MR) is 86.6 cm³/mol. The van der Waals surface area contributed by atoms with Gasteiger partial charge < -0.3 is 5.32 Å². The molecule has 1 unspecified atom stereocenters. The minimum absolute atomic E-state index is 0.352. The summed E-state index contributed by atoms with van der Waals surface area (Å²) in [6.07, 6.45) is 4.76. The Kier molecular flexibility index (Phi) is 3.98. The smallest absolute Gasteiger partial charge is 0.0555 e. The Morgan fingerprint density at radius 1 is 1.20 bits per heavy atom. The first-order valence-corrected chi connectivity index (χ1v) is 7.78. The number of fused-ring (bicyclic) bond motifs is 1. The second kappa shape index (κ2) is 5.88. The lowest BCUT2D eigenvalue weighted by atomic mass is 10.0. The zero-order chi connectivity index (χ0) is 13.9. The number of rotatable bonds is 4. The number of benzene rings is 2. The minimum Gasteiger partial charge on any atom is -0.378 e. The van der Waals surface area contributed by atoms with Gasteiger partial charge in [0.15, 0.2) is 0 Å². The van der Waals surface area contributed by atoms with Crippen molar-refractivity contribution in [3.63, 3.8) is 0 Å². The first-order valence-electron chi connectivity index (χ1n) is 7.40. The molecule has 1 aliphatic heterocycles. The third-order valence-electron chi connectivity index (χ3n) is 3.99. The quantitative estimate of drug-likeness (QED) is 0.794. The third kappa shape index (κ3) is 2.83. The summed E-state index contributed by atoms with van der Waals surface area (Å²) >= 11 is 6.09. The van der Waals surface area contributed by atoms with Gasteiger partial charge in [0.2, 0.25) is 0 Å². The molecule has 20 heavy (non-hydrogen) atoms. The van der Waals surface area contributed by atoms with E-state index in [2.05, 4.69) is 42.6 Å². The highest BCUT2D eigenvalue weighted by Gasteiger charge is 2.22. The Hall–Kier alpha value is -1.47. The van der Waals surface area contributed by atoms with E-state index in [-0.39, 0.29) is 0 Å². The normalized spacial score (nSPS) is 16.8. The lowest BCUT2D eigenvalue weighted by Crippen LogP contribution is -2.05. The maximum atomic E-state index is 6.09. The van der Waals surface area contributed by atoms with Crippen molar-refractivity contribution in [2.45, 2.75) is 38.6 Å². The molecule has 0 saturated carbocycles. The van der Waals surface area contributed by atoms with E-state index in [4.69, 9.17) is 11.6 Å². The van der Waals surface area contributed by atoms with Crippen LogP contribution in [0.3, 0.4) is 0 Å². The number of unbranched alkanes of at least 4 members (excludes halogenated alkanes) is 1. The summed E-state index contributed by atoms with van der Waals surface area (Å²) in [6, 6.07) is 15.3. The highest BCUT2D eigenvalue weighted by Crippen LogP contribution is 2.35. The number of anilines is 1. The topological polar surface area (TPSA) is 12.0 Å². The fraction of sp³-hybridized carbons (Fsp3) is 0.333. The van der Waals surface area contributed by atoms with E-state index in [1.54, 1.807) is 0 Å². The molecule has 0 aromatic heterocycles. The monoisotopic (exact) mass is 285 g/mol. The molecule has 0 radical (unpaired) electrons. The molecule has 2 aromatic rings. The highest BCUT2D eigenvalue weighted by atomic mass is 35.5. The van der Waals surface area contributed by atoms with E-state index in [0.29, 0.717) is 6.04 Å². The maximum Gasteiger partial charge on any atom is 0.0555 e. The Labute approximate surface area is 126 Å². The molecule has 3 rings (SSSR count). The number of aryl methyl sites for hydroxylation is 1. The first kappa shape index (κ1) is 13.5. The van der Waals surface area contributed by atoms with Crippen LogP contribution in [0.15, 0.2) is 42.5 Å². The van der Waals surface area contributed by atoms with Crippen molar-refractivity contribution in [1.29, 1.82) is 0 Å². The fourth-order valence-electron chi connectivity index (χ4n) is 2.88. The molecule has 0 bridgehead atoms. The van der Waals surface area contributed by atoms with Gasteiger partial charge in [0, 0.05) is 10.7 Å². The van der Waals surface area contributed by atoms with Crippen LogP contribution >= 0.6 is 11.6 Å². The Morgan fingerprint density at radius 3 is 2.90 bits per heavy atom. The number of nitrogens with one attached hydrogen (secondary N) is 1. The lowest BCUT2D eigenvalue weighted by molar-refractivity contribution is 0.792. The molecule has 1 N–H and O–H groups in total. The van der Waals surface area contributed by atoms with Gasteiger partial charge in [-0.1, -0.05) is 49.2 Å². The highest BCUT2D eigenvalue weighted by molar-refractivity contribution is 6.30. The van der Waals surface area contributed by atoms with Crippen molar-refractivity contribution < 1.29 is 0 Å². The van der Waals surface area contributed by atoms with E-state index < -0.39 is 0 Å². The van der Waals surface area contributed by atoms with Gasteiger partial charge in [-0.2, -0.15) is 0 Å². The van der Waals surface area contributed by atoms with Crippen molar-refractivity contribution in [3.05, 3.63) is 64.2 Å². The largest absolute Gasteiger partial charge is 0.378 e. The van der Waals surface area contributed by atoms with E-state index in [9.17, 15) is 0 Å². The van der Waals surface area contributed by atoms with Gasteiger partial charge in [0.1, 0.15) is 0 Å². The molecule has 0 spiro atoms. The molecule has 0 amide bonds. The summed E-state index contributed by atoms with van der Waals surface area (Å²) in [6.45, 7) is 2.24. The summed E-state index contributed by atoms with van der Waals surface area (Å²) in [4.78, 5) is 0. The molecule has 2 aromatic carbocycles. The van der Waals surface area contributed by atoms with Gasteiger partial charge in [0.25, 0.3) is 0 Å². The predicted octanol–water partition coefficient (Wildman–Crippen LogP) is 5.39. The van der Waals surface area contributed by atoms with Crippen LogP contribution < -0.4 is 5.32 Å². The van der Waals surface area contributed by atoms with E-state index in [1.807, 2.05) is 12.1 Å². The van der Waals surface area contributed by atoms with Crippen molar-refractivity contribution in [2.75, 3.05) is 5.32 Å². The number of halogens is 1. The summed E-state index contributed by atoms with van der Waals surface area (Å²) in [5.74, 6) is 0. The van der Waals surface area contributed by atoms with Gasteiger partial charge in [-0.3, -0.25) is 0 Å². The molecule has 0 saturated heterocycles. The van der Waals surface area contributed by atoms with E-state index in [1.165, 1.54) is 41.6 Å². The van der Waals surface area contributed by atoms with Gasteiger partial charge in [-0.05, 0) is 54.2 Å². The van der Waals surface area contributed by atoms with Gasteiger partial charge in [0.05, 0.1) is 6.04 Å². The molecular weight excluding hydrogens is 266 g/mol. The van der Waals surface area contributed by atoms with Crippen molar-refractivity contribution >= 4 is 17.3 Å². The second-order valence-corrected chi connectivity index (χ2v) is 5.99. The van der Waals surface area contributed by atoms with Crippen LogP contribution in [0.5, 0.6) is 0 Å². The van der Waals surface area contributed by atoms with Gasteiger partial charge in [-0.15, -0.1) is 0 Å². The van der Waals surface area contributed by atoms with Crippen LogP contribution in [0, 0.1) is 0 Å². The van der Waals surface area contributed by atoms with E-state index >= 15 is 0 Å². The van der Waals surface area contributed by atoms with Crippen LogP contribution in [-0.2, 0) is 12.8 Å². The molecule has 1 aliphatic rings. The van der Waals surface area contributed by atoms with Crippen LogP contribution in [0.25, 0.3) is 0 Å². The minimum atomic E-state index is 0.352. The standard InChI is InChI=1S/C18H20ClN/c1-2-3-5-13-8-9-17-15(10-13)12-18(20-17)14-6-4-7-16(19)11-14/h4,6-11,18,20H,2-3,5,12H2,1H3. The molecule has 0 fully saturated rings. The molecule has 2 heteroatoms. The van der Waals surface area contributed by atoms with Crippen LogP contribution in [0.1, 0.15) is 42.5 Å². The summed E-state index contributed by atoms with van der Waals surface area (Å²) < 4.78 is 0. The summed E-state index contributed by atoms with van der Waals surface area (Å²) in [5.41, 5.74) is 5.43. The first-order chi connectivity index (χ1) is 9.76. The fourth-order valence-corrected chi connectivity index (χ4v) is 3.08. The molecule has 1 heterocycles. The van der Waals surface area contributed by atoms with Crippen LogP contribution in [-0.4, -0.2) is 0 Å². The number of hydrogen-bond donors (Lipinski definition) is 1. The maximum absolute atomic E-state index is 6.09. The molecule has 1 nitrogen and oxygen atoms in total. The molecule has 104 valence electrons. The van der Waals surface area contributed by atoms with Gasteiger partial charge in [-0.25, -0.2) is 0 Å². The zero-order valence-corrected chi connectivity index (χ0v) is 12.6. The van der Waals surface area contributed by atoms with Crippen molar-refractivity contribution in [1.82, 2.24) is 0 Å². The summed E-state index contributed by atoms with van der Waals surface area (Å²) in [7, 11) is 0.